The molecule has 0 aliphatic heterocycles. The number of amides is 3. The van der Waals surface area contributed by atoms with Gasteiger partial charge in [-0.05, 0) is 29.7 Å². The molecule has 6 N–H and O–H groups in total. The van der Waals surface area contributed by atoms with Crippen LogP contribution in [-0.4, -0.2) is 53.0 Å². The highest BCUT2D eigenvalue weighted by Crippen LogP contribution is 2.13. The van der Waals surface area contributed by atoms with Crippen molar-refractivity contribution in [1.82, 2.24) is 16.0 Å². The Labute approximate surface area is 215 Å². The van der Waals surface area contributed by atoms with E-state index in [1.807, 2.05) is 71.9 Å². The fourth-order valence-electron chi connectivity index (χ4n) is 3.75. The van der Waals surface area contributed by atoms with Crippen LogP contribution in [0.5, 0.6) is 0 Å². The number of aliphatic carboxylic acids is 1. The van der Waals surface area contributed by atoms with Gasteiger partial charge in [0, 0.05) is 6.42 Å². The molecule has 0 aliphatic carbocycles. The van der Waals surface area contributed by atoms with E-state index in [1.165, 1.54) is 0 Å². The predicted molar refractivity (Wildman–Crippen MR) is 140 cm³/mol. The maximum atomic E-state index is 13.4. The molecule has 0 heterocycles. The first-order chi connectivity index (χ1) is 16.9. The number of nitrogens with one attached hydrogen (secondary N) is 3. The van der Waals surface area contributed by atoms with Crippen LogP contribution in [0.1, 0.15) is 66.4 Å². The second kappa shape index (κ2) is 15.2. The molecule has 0 fully saturated rings. The summed E-state index contributed by atoms with van der Waals surface area (Å²) >= 11 is 0. The smallest absolute Gasteiger partial charge is 0.326 e. The second-order valence-corrected chi connectivity index (χ2v) is 10.1. The van der Waals surface area contributed by atoms with Crippen molar-refractivity contribution < 1.29 is 24.3 Å². The van der Waals surface area contributed by atoms with Crippen molar-refractivity contribution in [1.29, 1.82) is 0 Å². The standard InChI is InChI=1S/C27H44N4O5/c1-7-17(5)22(28)25(33)31-23(18(6)8-2)26(34)29-20(15-19-12-10-9-11-13-19)24(32)30-21(27(35)36)14-16(3)4/h9-13,16-18,20-23H,7-8,14-15,28H2,1-6H3,(H,29,34)(H,30,32)(H,31,33)(H,35,36). The molecule has 9 heteroatoms. The summed E-state index contributed by atoms with van der Waals surface area (Å²) in [6.07, 6.45) is 1.75. The second-order valence-electron chi connectivity index (χ2n) is 10.1. The van der Waals surface area contributed by atoms with Crippen molar-refractivity contribution in [3.8, 4) is 0 Å². The molecule has 0 saturated heterocycles. The Morgan fingerprint density at radius 3 is 1.86 bits per heavy atom. The fraction of sp³-hybridized carbons (Fsp3) is 0.630. The molecule has 9 nitrogen and oxygen atoms in total. The van der Waals surface area contributed by atoms with Gasteiger partial charge >= 0.3 is 5.97 Å². The topological polar surface area (TPSA) is 151 Å². The van der Waals surface area contributed by atoms with Crippen molar-refractivity contribution in [3.63, 3.8) is 0 Å². The highest BCUT2D eigenvalue weighted by molar-refractivity contribution is 5.94. The molecule has 1 aromatic rings. The summed E-state index contributed by atoms with van der Waals surface area (Å²) in [5, 5.41) is 17.7. The zero-order valence-corrected chi connectivity index (χ0v) is 22.4. The van der Waals surface area contributed by atoms with E-state index in [-0.39, 0.29) is 30.6 Å². The van der Waals surface area contributed by atoms with Gasteiger partial charge < -0.3 is 26.8 Å². The molecule has 202 valence electrons. The summed E-state index contributed by atoms with van der Waals surface area (Å²) in [7, 11) is 0. The molecule has 0 aromatic heterocycles. The fourth-order valence-corrected chi connectivity index (χ4v) is 3.75. The monoisotopic (exact) mass is 504 g/mol. The van der Waals surface area contributed by atoms with Crippen LogP contribution in [0, 0.1) is 17.8 Å². The Morgan fingerprint density at radius 2 is 1.36 bits per heavy atom. The first-order valence-electron chi connectivity index (χ1n) is 12.8. The lowest BCUT2D eigenvalue weighted by Crippen LogP contribution is -2.59. The van der Waals surface area contributed by atoms with Crippen molar-refractivity contribution in [2.75, 3.05) is 0 Å². The molecule has 6 atom stereocenters. The first-order valence-corrected chi connectivity index (χ1v) is 12.8. The van der Waals surface area contributed by atoms with Crippen LogP contribution >= 0.6 is 0 Å². The van der Waals surface area contributed by atoms with E-state index < -0.39 is 47.9 Å². The number of benzene rings is 1. The third-order valence-electron chi connectivity index (χ3n) is 6.59. The molecule has 1 aromatic carbocycles. The van der Waals surface area contributed by atoms with Gasteiger partial charge in [-0.1, -0.05) is 84.7 Å². The van der Waals surface area contributed by atoms with Crippen molar-refractivity contribution in [3.05, 3.63) is 35.9 Å². The van der Waals surface area contributed by atoms with Crippen molar-refractivity contribution in [2.24, 2.45) is 23.5 Å². The SMILES string of the molecule is CCC(C)C(N)C(=O)NC(C(=O)NC(Cc1ccccc1)C(=O)NC(CC(C)C)C(=O)O)C(C)CC. The van der Waals surface area contributed by atoms with Gasteiger partial charge in [-0.3, -0.25) is 14.4 Å². The number of hydrogen-bond acceptors (Lipinski definition) is 5. The van der Waals surface area contributed by atoms with Crippen LogP contribution in [0.2, 0.25) is 0 Å². The van der Waals surface area contributed by atoms with Gasteiger partial charge in [0.2, 0.25) is 17.7 Å². The van der Waals surface area contributed by atoms with Gasteiger partial charge in [-0.2, -0.15) is 0 Å². The third-order valence-corrected chi connectivity index (χ3v) is 6.59. The lowest BCUT2D eigenvalue weighted by atomic mass is 9.95. The quantitative estimate of drug-likeness (QED) is 0.247. The van der Waals surface area contributed by atoms with E-state index in [2.05, 4.69) is 16.0 Å². The average molecular weight is 505 g/mol. The lowest BCUT2D eigenvalue weighted by Gasteiger charge is -2.29. The summed E-state index contributed by atoms with van der Waals surface area (Å²) in [6, 6.07) is 5.39. The lowest BCUT2D eigenvalue weighted by molar-refractivity contribution is -0.142. The molecule has 0 spiro atoms. The Morgan fingerprint density at radius 1 is 0.806 bits per heavy atom. The van der Waals surface area contributed by atoms with Crippen LogP contribution in [0.15, 0.2) is 30.3 Å². The minimum atomic E-state index is -1.13. The summed E-state index contributed by atoms with van der Waals surface area (Å²) in [5.41, 5.74) is 6.87. The van der Waals surface area contributed by atoms with E-state index in [4.69, 9.17) is 5.73 Å². The molecule has 0 saturated carbocycles. The van der Waals surface area contributed by atoms with Crippen LogP contribution < -0.4 is 21.7 Å². The number of nitrogens with two attached hydrogens (primary N) is 1. The van der Waals surface area contributed by atoms with Gasteiger partial charge in [-0.15, -0.1) is 0 Å². The minimum Gasteiger partial charge on any atom is -0.480 e. The number of carbonyl (C=O) groups excluding carboxylic acids is 3. The number of carboxylic acids is 1. The number of carboxylic acid groups (broad SMARTS) is 1. The van der Waals surface area contributed by atoms with Crippen molar-refractivity contribution >= 4 is 23.7 Å². The number of rotatable bonds is 15. The Hall–Kier alpha value is -2.94. The van der Waals surface area contributed by atoms with Crippen LogP contribution in [-0.2, 0) is 25.6 Å². The Balaban J connectivity index is 3.16. The molecule has 0 radical (unpaired) electrons. The van der Waals surface area contributed by atoms with Gasteiger partial charge in [0.15, 0.2) is 0 Å². The van der Waals surface area contributed by atoms with Crippen molar-refractivity contribution in [2.45, 2.75) is 91.4 Å². The molecule has 6 unspecified atom stereocenters. The van der Waals surface area contributed by atoms with Crippen LogP contribution in [0.25, 0.3) is 0 Å². The zero-order chi connectivity index (χ0) is 27.4. The van der Waals surface area contributed by atoms with E-state index in [9.17, 15) is 24.3 Å². The highest BCUT2D eigenvalue weighted by Gasteiger charge is 2.33. The minimum absolute atomic E-state index is 0.0493. The largest absolute Gasteiger partial charge is 0.480 e. The molecule has 36 heavy (non-hydrogen) atoms. The molecule has 1 rings (SSSR count). The number of hydrogen-bond donors (Lipinski definition) is 5. The van der Waals surface area contributed by atoms with Crippen LogP contribution in [0.3, 0.4) is 0 Å². The maximum Gasteiger partial charge on any atom is 0.326 e. The van der Waals surface area contributed by atoms with E-state index in [0.717, 1.165) is 12.0 Å². The summed E-state index contributed by atoms with van der Waals surface area (Å²) in [4.78, 5) is 51.0. The summed E-state index contributed by atoms with van der Waals surface area (Å²) in [6.45, 7) is 11.3. The average Bonchev–Trinajstić information content (AvgIpc) is 2.84. The third kappa shape index (κ3) is 9.97. The van der Waals surface area contributed by atoms with Crippen LogP contribution in [0.4, 0.5) is 0 Å². The molecule has 0 aliphatic rings. The van der Waals surface area contributed by atoms with Gasteiger partial charge in [-0.25, -0.2) is 4.79 Å². The van der Waals surface area contributed by atoms with Gasteiger partial charge in [0.05, 0.1) is 6.04 Å². The van der Waals surface area contributed by atoms with E-state index in [1.54, 1.807) is 0 Å². The summed E-state index contributed by atoms with van der Waals surface area (Å²) < 4.78 is 0. The summed E-state index contributed by atoms with van der Waals surface area (Å²) in [5.74, 6) is -2.88. The van der Waals surface area contributed by atoms with E-state index in [0.29, 0.717) is 6.42 Å². The Bertz CT molecular complexity index is 861. The molecule has 3 amide bonds. The number of carbonyl (C=O) groups is 4. The maximum absolute atomic E-state index is 13.4. The normalized spacial score (nSPS) is 16.2. The highest BCUT2D eigenvalue weighted by atomic mass is 16.4. The van der Waals surface area contributed by atoms with Gasteiger partial charge in [0.25, 0.3) is 0 Å². The Kier molecular flexibility index (Phi) is 13.2. The predicted octanol–water partition coefficient (Wildman–Crippen LogP) is 2.23. The molecule has 0 bridgehead atoms. The molecular formula is C27H44N4O5. The van der Waals surface area contributed by atoms with E-state index >= 15 is 0 Å². The van der Waals surface area contributed by atoms with Gasteiger partial charge in [0.1, 0.15) is 18.1 Å². The first kappa shape index (κ1) is 31.1. The molecular weight excluding hydrogens is 460 g/mol. The zero-order valence-electron chi connectivity index (χ0n) is 22.4.